The summed E-state index contributed by atoms with van der Waals surface area (Å²) in [5.41, 5.74) is 2.86. The van der Waals surface area contributed by atoms with Crippen molar-refractivity contribution >= 4 is 33.9 Å². The first-order chi connectivity index (χ1) is 3.72. The van der Waals surface area contributed by atoms with E-state index in [9.17, 15) is 0 Å². The van der Waals surface area contributed by atoms with Crippen LogP contribution in [0.5, 0.6) is 0 Å². The molecule has 2 heteroatoms. The second kappa shape index (κ2) is 2.35. The summed E-state index contributed by atoms with van der Waals surface area (Å²) in [6.45, 7) is 4.31. The van der Waals surface area contributed by atoms with E-state index < -0.39 is 0 Å². The normalized spacial score (nSPS) is 9.88. The quantitative estimate of drug-likeness (QED) is 0.609. The van der Waals surface area contributed by atoms with Crippen LogP contribution in [0.25, 0.3) is 0 Å². The minimum atomic E-state index is 1.42. The first-order valence-electron chi connectivity index (χ1n) is 2.42. The van der Waals surface area contributed by atoms with Crippen molar-refractivity contribution in [2.45, 2.75) is 13.8 Å². The van der Waals surface area contributed by atoms with E-state index in [2.05, 4.69) is 41.8 Å². The number of rotatable bonds is 0. The molecule has 1 aromatic rings. The number of aryl methyl sites for hydroxylation is 1. The molecular formula is C6H7IS. The molecule has 0 bridgehead atoms. The van der Waals surface area contributed by atoms with Crippen molar-refractivity contribution < 1.29 is 0 Å². The lowest BCUT2D eigenvalue weighted by molar-refractivity contribution is 1.39. The van der Waals surface area contributed by atoms with Crippen LogP contribution < -0.4 is 0 Å². The molecule has 0 aliphatic rings. The van der Waals surface area contributed by atoms with Gasteiger partial charge < -0.3 is 0 Å². The minimum absolute atomic E-state index is 1.42. The fourth-order valence-electron chi connectivity index (χ4n) is 0.472. The Hall–Kier alpha value is 0.430. The van der Waals surface area contributed by atoms with Gasteiger partial charge in [0.1, 0.15) is 0 Å². The molecule has 0 saturated heterocycles. The van der Waals surface area contributed by atoms with Crippen LogP contribution in [-0.4, -0.2) is 0 Å². The number of halogens is 1. The van der Waals surface area contributed by atoms with E-state index in [0.29, 0.717) is 0 Å². The third kappa shape index (κ3) is 1.05. The van der Waals surface area contributed by atoms with Crippen molar-refractivity contribution in [2.75, 3.05) is 0 Å². The predicted molar refractivity (Wildman–Crippen MR) is 46.5 cm³/mol. The monoisotopic (exact) mass is 238 g/mol. The highest BCUT2D eigenvalue weighted by Crippen LogP contribution is 2.21. The summed E-state index contributed by atoms with van der Waals surface area (Å²) in [6.07, 6.45) is 0. The first kappa shape index (κ1) is 6.55. The van der Waals surface area contributed by atoms with Gasteiger partial charge in [0, 0.05) is 0 Å². The van der Waals surface area contributed by atoms with Gasteiger partial charge >= 0.3 is 0 Å². The Kier molecular flexibility index (Phi) is 1.92. The standard InChI is InChI=1S/C6H7IS/c1-4-3-8-6(7)5(4)2/h3H,1-2H3. The lowest BCUT2D eigenvalue weighted by Gasteiger charge is -1.85. The number of thiophene rings is 1. The van der Waals surface area contributed by atoms with Crippen LogP contribution in [0.2, 0.25) is 0 Å². The molecule has 0 saturated carbocycles. The molecule has 0 aliphatic carbocycles. The van der Waals surface area contributed by atoms with E-state index >= 15 is 0 Å². The number of hydrogen-bond donors (Lipinski definition) is 0. The molecule has 0 N–H and O–H groups in total. The third-order valence-corrected chi connectivity index (χ3v) is 3.78. The maximum atomic E-state index is 2.36. The van der Waals surface area contributed by atoms with Gasteiger partial charge in [-0.05, 0) is 52.9 Å². The molecule has 0 amide bonds. The van der Waals surface area contributed by atoms with E-state index in [4.69, 9.17) is 0 Å². The third-order valence-electron chi connectivity index (χ3n) is 1.23. The lowest BCUT2D eigenvalue weighted by atomic mass is 10.2. The molecule has 44 valence electrons. The minimum Gasteiger partial charge on any atom is -0.137 e. The summed E-state index contributed by atoms with van der Waals surface area (Å²) in [4.78, 5) is 0. The Bertz CT molecular complexity index is 171. The van der Waals surface area contributed by atoms with Crippen LogP contribution in [0.3, 0.4) is 0 Å². The Labute approximate surface area is 67.1 Å². The predicted octanol–water partition coefficient (Wildman–Crippen LogP) is 2.97. The van der Waals surface area contributed by atoms with Gasteiger partial charge in [0.25, 0.3) is 0 Å². The van der Waals surface area contributed by atoms with Gasteiger partial charge in [-0.3, -0.25) is 0 Å². The summed E-state index contributed by atoms with van der Waals surface area (Å²) < 4.78 is 1.42. The molecule has 0 nitrogen and oxygen atoms in total. The zero-order valence-electron chi connectivity index (χ0n) is 4.86. The SMILES string of the molecule is Cc1csc(I)c1C. The largest absolute Gasteiger partial charge is 0.137 e. The second-order valence-corrected chi connectivity index (χ2v) is 4.51. The Morgan fingerprint density at radius 2 is 2.12 bits per heavy atom. The van der Waals surface area contributed by atoms with Gasteiger partial charge in [0.2, 0.25) is 0 Å². The Morgan fingerprint density at radius 1 is 1.50 bits per heavy atom. The van der Waals surface area contributed by atoms with Gasteiger partial charge in [-0.2, -0.15) is 0 Å². The van der Waals surface area contributed by atoms with E-state index in [1.54, 1.807) is 0 Å². The Morgan fingerprint density at radius 3 is 2.25 bits per heavy atom. The second-order valence-electron chi connectivity index (χ2n) is 1.82. The molecule has 8 heavy (non-hydrogen) atoms. The number of hydrogen-bond acceptors (Lipinski definition) is 1. The molecule has 1 rings (SSSR count). The maximum absolute atomic E-state index is 2.36. The Balaban J connectivity index is 3.19. The van der Waals surface area contributed by atoms with Crippen molar-refractivity contribution in [3.63, 3.8) is 0 Å². The fourth-order valence-corrected chi connectivity index (χ4v) is 2.07. The van der Waals surface area contributed by atoms with Crippen LogP contribution in [0, 0.1) is 16.7 Å². The molecule has 0 fully saturated rings. The van der Waals surface area contributed by atoms with Crippen LogP contribution in [0.4, 0.5) is 0 Å². The fraction of sp³-hybridized carbons (Fsp3) is 0.333. The van der Waals surface area contributed by atoms with Crippen LogP contribution in [0.1, 0.15) is 11.1 Å². The zero-order valence-corrected chi connectivity index (χ0v) is 7.84. The van der Waals surface area contributed by atoms with E-state index in [0.717, 1.165) is 0 Å². The van der Waals surface area contributed by atoms with Gasteiger partial charge in [0.05, 0.1) is 2.88 Å². The van der Waals surface area contributed by atoms with Crippen LogP contribution in [-0.2, 0) is 0 Å². The molecule has 1 heterocycles. The van der Waals surface area contributed by atoms with Crippen LogP contribution in [0.15, 0.2) is 5.38 Å². The van der Waals surface area contributed by atoms with E-state index in [-0.39, 0.29) is 0 Å². The van der Waals surface area contributed by atoms with Gasteiger partial charge in [-0.1, -0.05) is 0 Å². The summed E-state index contributed by atoms with van der Waals surface area (Å²) in [5, 5.41) is 2.19. The van der Waals surface area contributed by atoms with Crippen molar-refractivity contribution in [3.05, 3.63) is 19.4 Å². The summed E-state index contributed by atoms with van der Waals surface area (Å²) in [5.74, 6) is 0. The molecule has 0 radical (unpaired) electrons. The summed E-state index contributed by atoms with van der Waals surface area (Å²) in [7, 11) is 0. The van der Waals surface area contributed by atoms with Crippen molar-refractivity contribution in [1.82, 2.24) is 0 Å². The smallest absolute Gasteiger partial charge is 0.0685 e. The van der Waals surface area contributed by atoms with Crippen molar-refractivity contribution in [1.29, 1.82) is 0 Å². The molecule has 0 spiro atoms. The average Bonchev–Trinajstić information content (AvgIpc) is 1.98. The van der Waals surface area contributed by atoms with Crippen molar-refractivity contribution in [3.8, 4) is 0 Å². The molecule has 0 aromatic carbocycles. The van der Waals surface area contributed by atoms with E-state index in [1.807, 2.05) is 11.3 Å². The zero-order chi connectivity index (χ0) is 6.15. The van der Waals surface area contributed by atoms with Gasteiger partial charge in [0.15, 0.2) is 0 Å². The van der Waals surface area contributed by atoms with E-state index in [1.165, 1.54) is 14.0 Å². The molecule has 0 aliphatic heterocycles. The van der Waals surface area contributed by atoms with Crippen LogP contribution >= 0.6 is 33.9 Å². The highest BCUT2D eigenvalue weighted by Gasteiger charge is 1.97. The van der Waals surface area contributed by atoms with Gasteiger partial charge in [-0.15, -0.1) is 11.3 Å². The average molecular weight is 238 g/mol. The first-order valence-corrected chi connectivity index (χ1v) is 4.38. The van der Waals surface area contributed by atoms with Crippen molar-refractivity contribution in [2.24, 2.45) is 0 Å². The highest BCUT2D eigenvalue weighted by atomic mass is 127. The maximum Gasteiger partial charge on any atom is 0.0685 e. The summed E-state index contributed by atoms with van der Waals surface area (Å²) in [6, 6.07) is 0. The summed E-state index contributed by atoms with van der Waals surface area (Å²) >= 11 is 4.18. The highest BCUT2D eigenvalue weighted by molar-refractivity contribution is 14.1. The van der Waals surface area contributed by atoms with Gasteiger partial charge in [-0.25, -0.2) is 0 Å². The topological polar surface area (TPSA) is 0 Å². The molecular weight excluding hydrogens is 231 g/mol. The lowest BCUT2D eigenvalue weighted by Crippen LogP contribution is -1.69. The molecule has 0 unspecified atom stereocenters. The molecule has 1 aromatic heterocycles. The molecule has 0 atom stereocenters.